The smallest absolute Gasteiger partial charge is 0.117 e. The summed E-state index contributed by atoms with van der Waals surface area (Å²) in [5.74, 6) is 0.260. The Morgan fingerprint density at radius 3 is 2.80 bits per heavy atom. The summed E-state index contributed by atoms with van der Waals surface area (Å²) in [6, 6.07) is 7.02. The number of pyridine rings is 1. The zero-order valence-electron chi connectivity index (χ0n) is 12.1. The molecule has 2 rings (SSSR count). The van der Waals surface area contributed by atoms with Crippen molar-refractivity contribution in [3.8, 4) is 5.75 Å². The van der Waals surface area contributed by atoms with Crippen molar-refractivity contribution in [1.82, 2.24) is 4.98 Å². The van der Waals surface area contributed by atoms with Crippen LogP contribution in [-0.4, -0.2) is 29.5 Å². The van der Waals surface area contributed by atoms with Gasteiger partial charge in [0, 0.05) is 41.4 Å². The van der Waals surface area contributed by atoms with E-state index in [-0.39, 0.29) is 11.7 Å². The number of fused-ring (bicyclic) bond motifs is 1. The molecular weight excluding hydrogens is 252 g/mol. The highest BCUT2D eigenvalue weighted by molar-refractivity contribution is 6.10. The van der Waals surface area contributed by atoms with Gasteiger partial charge >= 0.3 is 0 Å². The molecule has 0 fully saturated rings. The fourth-order valence-corrected chi connectivity index (χ4v) is 2.40. The van der Waals surface area contributed by atoms with Crippen molar-refractivity contribution in [2.24, 2.45) is 5.92 Å². The fraction of sp³-hybridized carbons (Fsp3) is 0.375. The minimum absolute atomic E-state index is 0.0683. The van der Waals surface area contributed by atoms with Crippen molar-refractivity contribution in [3.63, 3.8) is 0 Å². The largest absolute Gasteiger partial charge is 0.508 e. The van der Waals surface area contributed by atoms with Gasteiger partial charge in [0.25, 0.3) is 0 Å². The van der Waals surface area contributed by atoms with Crippen molar-refractivity contribution in [2.45, 2.75) is 20.3 Å². The van der Waals surface area contributed by atoms with Crippen LogP contribution in [0.3, 0.4) is 0 Å². The number of aromatic nitrogens is 1. The predicted molar refractivity (Wildman–Crippen MR) is 80.6 cm³/mol. The molecule has 0 spiro atoms. The zero-order chi connectivity index (χ0) is 14.7. The van der Waals surface area contributed by atoms with Crippen molar-refractivity contribution in [2.75, 3.05) is 13.7 Å². The van der Waals surface area contributed by atoms with E-state index < -0.39 is 0 Å². The third kappa shape index (κ3) is 2.80. The molecule has 0 aliphatic heterocycles. The lowest BCUT2D eigenvalue weighted by molar-refractivity contribution is 0.174. The quantitative estimate of drug-likeness (QED) is 0.821. The van der Waals surface area contributed by atoms with Crippen LogP contribution in [0.1, 0.15) is 24.6 Å². The monoisotopic (exact) mass is 272 g/mol. The molecule has 1 aromatic heterocycles. The summed E-state index contributed by atoms with van der Waals surface area (Å²) >= 11 is 0. The van der Waals surface area contributed by atoms with E-state index >= 15 is 0 Å². The molecule has 2 aromatic rings. The van der Waals surface area contributed by atoms with E-state index in [0.717, 1.165) is 28.6 Å². The van der Waals surface area contributed by atoms with Gasteiger partial charge in [-0.15, -0.1) is 0 Å². The van der Waals surface area contributed by atoms with Crippen LogP contribution in [-0.2, 0) is 4.74 Å². The highest BCUT2D eigenvalue weighted by Gasteiger charge is 2.17. The molecule has 0 radical (unpaired) electrons. The highest BCUT2D eigenvalue weighted by Crippen LogP contribution is 2.25. The Morgan fingerprint density at radius 2 is 2.15 bits per heavy atom. The van der Waals surface area contributed by atoms with Gasteiger partial charge in [-0.2, -0.15) is 0 Å². The Balaban J connectivity index is 2.55. The van der Waals surface area contributed by atoms with Gasteiger partial charge in [-0.1, -0.05) is 6.92 Å². The Morgan fingerprint density at radius 1 is 1.40 bits per heavy atom. The normalized spacial score (nSPS) is 12.6. The topological polar surface area (TPSA) is 66.2 Å². The van der Waals surface area contributed by atoms with Crippen molar-refractivity contribution >= 4 is 16.6 Å². The lowest BCUT2D eigenvalue weighted by Gasteiger charge is -2.17. The average molecular weight is 272 g/mol. The SMILES string of the molecule is CC[C@H](COC)C(=N)c1cc(C)nc2cc(O)ccc12. The Bertz CT molecular complexity index is 632. The van der Waals surface area contributed by atoms with E-state index in [0.29, 0.717) is 12.3 Å². The number of nitrogens with zero attached hydrogens (tertiary/aromatic N) is 1. The molecule has 0 aliphatic rings. The first-order valence-corrected chi connectivity index (χ1v) is 6.75. The van der Waals surface area contributed by atoms with Crippen LogP contribution in [0.2, 0.25) is 0 Å². The molecule has 0 saturated heterocycles. The van der Waals surface area contributed by atoms with E-state index in [9.17, 15) is 5.11 Å². The Labute approximate surface area is 118 Å². The lowest BCUT2D eigenvalue weighted by Crippen LogP contribution is -2.19. The number of phenolic OH excluding ortho intramolecular Hbond substituents is 1. The Hall–Kier alpha value is -1.94. The lowest BCUT2D eigenvalue weighted by atomic mass is 9.92. The van der Waals surface area contributed by atoms with E-state index in [4.69, 9.17) is 10.1 Å². The first kappa shape index (κ1) is 14.5. The van der Waals surface area contributed by atoms with Gasteiger partial charge in [0.2, 0.25) is 0 Å². The summed E-state index contributed by atoms with van der Waals surface area (Å²) in [7, 11) is 1.66. The van der Waals surface area contributed by atoms with Gasteiger partial charge in [-0.05, 0) is 31.5 Å². The van der Waals surface area contributed by atoms with Crippen LogP contribution in [0, 0.1) is 18.3 Å². The molecule has 0 aliphatic carbocycles. The minimum Gasteiger partial charge on any atom is -0.508 e. The number of rotatable bonds is 5. The number of benzene rings is 1. The van der Waals surface area contributed by atoms with Crippen LogP contribution in [0.4, 0.5) is 0 Å². The van der Waals surface area contributed by atoms with Crippen LogP contribution in [0.25, 0.3) is 10.9 Å². The molecule has 1 atom stereocenters. The molecule has 2 N–H and O–H groups in total. The average Bonchev–Trinajstić information content (AvgIpc) is 2.42. The summed E-state index contributed by atoms with van der Waals surface area (Å²) in [5, 5.41) is 18.9. The molecule has 4 heteroatoms. The second-order valence-corrected chi connectivity index (χ2v) is 4.99. The van der Waals surface area contributed by atoms with Gasteiger partial charge in [-0.3, -0.25) is 4.98 Å². The van der Waals surface area contributed by atoms with Crippen molar-refractivity contribution in [1.29, 1.82) is 5.41 Å². The van der Waals surface area contributed by atoms with Crippen molar-refractivity contribution < 1.29 is 9.84 Å². The van der Waals surface area contributed by atoms with Crippen LogP contribution >= 0.6 is 0 Å². The summed E-state index contributed by atoms with van der Waals surface area (Å²) in [6.07, 6.45) is 0.855. The third-order valence-corrected chi connectivity index (χ3v) is 3.48. The van der Waals surface area contributed by atoms with E-state index in [1.807, 2.05) is 19.1 Å². The highest BCUT2D eigenvalue weighted by atomic mass is 16.5. The number of ether oxygens (including phenoxy) is 1. The van der Waals surface area contributed by atoms with Crippen LogP contribution in [0.5, 0.6) is 5.75 Å². The number of aromatic hydroxyl groups is 1. The second kappa shape index (κ2) is 6.01. The summed E-state index contributed by atoms with van der Waals surface area (Å²) in [5.41, 5.74) is 3.00. The molecule has 0 saturated carbocycles. The van der Waals surface area contributed by atoms with Gasteiger partial charge in [0.1, 0.15) is 5.75 Å². The van der Waals surface area contributed by atoms with Gasteiger partial charge < -0.3 is 15.3 Å². The molecule has 4 nitrogen and oxygen atoms in total. The number of hydrogen-bond donors (Lipinski definition) is 2. The summed E-state index contributed by atoms with van der Waals surface area (Å²) < 4.78 is 5.20. The number of hydrogen-bond acceptors (Lipinski definition) is 4. The third-order valence-electron chi connectivity index (χ3n) is 3.48. The van der Waals surface area contributed by atoms with Gasteiger partial charge in [0.15, 0.2) is 0 Å². The van der Waals surface area contributed by atoms with E-state index in [2.05, 4.69) is 11.9 Å². The minimum atomic E-state index is 0.0683. The fourth-order valence-electron chi connectivity index (χ4n) is 2.40. The predicted octanol–water partition coefficient (Wildman–Crippen LogP) is 3.29. The molecule has 106 valence electrons. The first-order chi connectivity index (χ1) is 9.56. The maximum atomic E-state index is 9.58. The second-order valence-electron chi connectivity index (χ2n) is 4.99. The number of methoxy groups -OCH3 is 1. The molecular formula is C16H20N2O2. The van der Waals surface area contributed by atoms with Crippen molar-refractivity contribution in [3.05, 3.63) is 35.5 Å². The van der Waals surface area contributed by atoms with Crippen LogP contribution in [0.15, 0.2) is 24.3 Å². The van der Waals surface area contributed by atoms with Gasteiger partial charge in [0.05, 0.1) is 12.1 Å². The first-order valence-electron chi connectivity index (χ1n) is 6.75. The standard InChI is InChI=1S/C16H20N2O2/c1-4-11(9-20-3)16(17)14-7-10(2)18-15-8-12(19)5-6-13(14)15/h5-8,11,17,19H,4,9H2,1-3H3/t11-/m1/s1. The maximum Gasteiger partial charge on any atom is 0.117 e. The summed E-state index contributed by atoms with van der Waals surface area (Å²) in [4.78, 5) is 4.42. The number of nitrogens with one attached hydrogen (secondary N) is 1. The zero-order valence-corrected chi connectivity index (χ0v) is 12.1. The van der Waals surface area contributed by atoms with Gasteiger partial charge in [-0.25, -0.2) is 0 Å². The number of phenols is 1. The van der Waals surface area contributed by atoms with E-state index in [1.165, 1.54) is 0 Å². The number of aryl methyl sites for hydroxylation is 1. The Kier molecular flexibility index (Phi) is 4.35. The van der Waals surface area contributed by atoms with Crippen LogP contribution < -0.4 is 0 Å². The summed E-state index contributed by atoms with van der Waals surface area (Å²) in [6.45, 7) is 4.49. The molecule has 1 aromatic carbocycles. The molecule has 0 bridgehead atoms. The molecule has 20 heavy (non-hydrogen) atoms. The molecule has 0 unspecified atom stereocenters. The van der Waals surface area contributed by atoms with E-state index in [1.54, 1.807) is 19.2 Å². The maximum absolute atomic E-state index is 9.58. The molecule has 0 amide bonds. The molecule has 1 heterocycles.